The number of hydrogen-bond donors (Lipinski definition) is 0. The summed E-state index contributed by atoms with van der Waals surface area (Å²) < 4.78 is 0. The quantitative estimate of drug-likeness (QED) is 0.560. The van der Waals surface area contributed by atoms with Gasteiger partial charge in [0.05, 0.1) is 14.1 Å². The summed E-state index contributed by atoms with van der Waals surface area (Å²) in [5, 5.41) is 8.41. The third kappa shape index (κ3) is 1.85. The molecule has 0 aromatic carbocycles. The Morgan fingerprint density at radius 1 is 1.40 bits per heavy atom. The van der Waals surface area contributed by atoms with E-state index < -0.39 is 8.07 Å². The van der Waals surface area contributed by atoms with E-state index in [-0.39, 0.29) is 0 Å². The molecule has 0 bridgehead atoms. The van der Waals surface area contributed by atoms with Crippen LogP contribution in [0.3, 0.4) is 0 Å². The molecule has 10 heavy (non-hydrogen) atoms. The van der Waals surface area contributed by atoms with Crippen molar-refractivity contribution in [3.8, 4) is 6.07 Å². The largest absolute Gasteiger partial charge is 0.198 e. The zero-order valence-corrected chi connectivity index (χ0v) is 7.69. The Morgan fingerprint density at radius 3 is 2.50 bits per heavy atom. The highest BCUT2D eigenvalue weighted by atomic mass is 28.3. The molecule has 0 N–H and O–H groups in total. The SMILES string of the molecule is C[Si]1(CCC#N)CCCC1. The fraction of sp³-hybridized carbons (Fsp3) is 0.875. The van der Waals surface area contributed by atoms with Crippen molar-refractivity contribution in [2.45, 2.75) is 43.9 Å². The minimum Gasteiger partial charge on any atom is -0.198 e. The first-order valence-electron chi connectivity index (χ1n) is 4.14. The van der Waals surface area contributed by atoms with Gasteiger partial charge in [-0.15, -0.1) is 0 Å². The summed E-state index contributed by atoms with van der Waals surface area (Å²) in [6.07, 6.45) is 3.69. The summed E-state index contributed by atoms with van der Waals surface area (Å²) in [4.78, 5) is 0. The zero-order valence-electron chi connectivity index (χ0n) is 6.69. The normalized spacial score (nSPS) is 22.4. The third-order valence-corrected chi connectivity index (χ3v) is 7.23. The molecule has 0 spiro atoms. The molecule has 0 saturated carbocycles. The van der Waals surface area contributed by atoms with Crippen LogP contribution in [-0.2, 0) is 0 Å². The average Bonchev–Trinajstić information content (AvgIpc) is 2.33. The lowest BCUT2D eigenvalue weighted by atomic mass is 10.4. The van der Waals surface area contributed by atoms with Crippen molar-refractivity contribution in [1.29, 1.82) is 5.26 Å². The predicted octanol–water partition coefficient (Wildman–Crippen LogP) is 2.77. The Bertz CT molecular complexity index is 142. The molecule has 0 aromatic rings. The monoisotopic (exact) mass is 153 g/mol. The number of hydrogen-bond acceptors (Lipinski definition) is 1. The highest BCUT2D eigenvalue weighted by Gasteiger charge is 2.29. The van der Waals surface area contributed by atoms with Crippen LogP contribution in [0.15, 0.2) is 0 Å². The van der Waals surface area contributed by atoms with Crippen molar-refractivity contribution in [2.75, 3.05) is 0 Å². The second kappa shape index (κ2) is 3.20. The highest BCUT2D eigenvalue weighted by molar-refractivity contribution is 6.79. The summed E-state index contributed by atoms with van der Waals surface area (Å²) in [6, 6.07) is 6.47. The summed E-state index contributed by atoms with van der Waals surface area (Å²) in [5.41, 5.74) is 0. The summed E-state index contributed by atoms with van der Waals surface area (Å²) in [7, 11) is -0.830. The zero-order chi connectivity index (χ0) is 7.45. The second-order valence-electron chi connectivity index (χ2n) is 3.68. The molecular formula is C8H15NSi. The first-order valence-corrected chi connectivity index (χ1v) is 7.26. The van der Waals surface area contributed by atoms with Gasteiger partial charge in [0.15, 0.2) is 0 Å². The Balaban J connectivity index is 2.30. The van der Waals surface area contributed by atoms with Gasteiger partial charge in [0.2, 0.25) is 0 Å². The van der Waals surface area contributed by atoms with Gasteiger partial charge in [-0.25, -0.2) is 0 Å². The lowest BCUT2D eigenvalue weighted by Gasteiger charge is -2.18. The molecular weight excluding hydrogens is 138 g/mol. The highest BCUT2D eigenvalue weighted by Crippen LogP contribution is 2.33. The van der Waals surface area contributed by atoms with Crippen molar-refractivity contribution in [2.24, 2.45) is 0 Å². The standard InChI is InChI=1S/C8H15NSi/c1-10(8-4-5-9)6-2-3-7-10/h2-4,6-8H2,1H3. The molecule has 1 nitrogen and oxygen atoms in total. The fourth-order valence-electron chi connectivity index (χ4n) is 1.84. The van der Waals surface area contributed by atoms with E-state index in [9.17, 15) is 0 Å². The van der Waals surface area contributed by atoms with Gasteiger partial charge in [-0.3, -0.25) is 0 Å². The van der Waals surface area contributed by atoms with Crippen LogP contribution in [-0.4, -0.2) is 8.07 Å². The van der Waals surface area contributed by atoms with Crippen LogP contribution in [0, 0.1) is 11.3 Å². The lowest BCUT2D eigenvalue weighted by molar-refractivity contribution is 0.935. The molecule has 0 amide bonds. The molecule has 1 rings (SSSR count). The molecule has 2 heteroatoms. The molecule has 1 saturated heterocycles. The number of rotatable bonds is 2. The fourth-order valence-corrected chi connectivity index (χ4v) is 5.51. The molecule has 1 fully saturated rings. The molecule has 0 aliphatic carbocycles. The van der Waals surface area contributed by atoms with E-state index >= 15 is 0 Å². The maximum absolute atomic E-state index is 8.41. The van der Waals surface area contributed by atoms with Gasteiger partial charge in [-0.2, -0.15) is 5.26 Å². The Labute approximate surface area is 64.1 Å². The van der Waals surface area contributed by atoms with E-state index in [1.807, 2.05) is 0 Å². The molecule has 0 unspecified atom stereocenters. The molecule has 56 valence electrons. The van der Waals surface area contributed by atoms with Crippen LogP contribution in [0.2, 0.25) is 24.7 Å². The van der Waals surface area contributed by atoms with Crippen molar-refractivity contribution in [3.05, 3.63) is 0 Å². The van der Waals surface area contributed by atoms with Gasteiger partial charge in [0.25, 0.3) is 0 Å². The summed E-state index contributed by atoms with van der Waals surface area (Å²) >= 11 is 0. The van der Waals surface area contributed by atoms with Crippen LogP contribution in [0.1, 0.15) is 19.3 Å². The first kappa shape index (κ1) is 7.81. The second-order valence-corrected chi connectivity index (χ2v) is 8.80. The van der Waals surface area contributed by atoms with Crippen LogP contribution < -0.4 is 0 Å². The van der Waals surface area contributed by atoms with Crippen LogP contribution in [0.4, 0.5) is 0 Å². The molecule has 0 aromatic heterocycles. The van der Waals surface area contributed by atoms with E-state index in [1.54, 1.807) is 0 Å². The van der Waals surface area contributed by atoms with Gasteiger partial charge in [-0.05, 0) is 6.04 Å². The van der Waals surface area contributed by atoms with E-state index in [2.05, 4.69) is 12.6 Å². The average molecular weight is 153 g/mol. The van der Waals surface area contributed by atoms with Crippen molar-refractivity contribution in [3.63, 3.8) is 0 Å². The van der Waals surface area contributed by atoms with Gasteiger partial charge in [0, 0.05) is 6.42 Å². The molecule has 1 aliphatic heterocycles. The maximum Gasteiger partial charge on any atom is 0.0618 e. The van der Waals surface area contributed by atoms with E-state index in [1.165, 1.54) is 31.0 Å². The predicted molar refractivity (Wildman–Crippen MR) is 45.5 cm³/mol. The molecule has 0 atom stereocenters. The minimum atomic E-state index is -0.830. The van der Waals surface area contributed by atoms with Crippen LogP contribution in [0.5, 0.6) is 0 Å². The van der Waals surface area contributed by atoms with Gasteiger partial charge in [-0.1, -0.05) is 31.5 Å². The maximum atomic E-state index is 8.41. The van der Waals surface area contributed by atoms with E-state index in [4.69, 9.17) is 5.26 Å². The third-order valence-electron chi connectivity index (χ3n) is 2.65. The Morgan fingerprint density at radius 2 is 2.00 bits per heavy atom. The Hall–Kier alpha value is -0.293. The molecule has 1 aliphatic rings. The van der Waals surface area contributed by atoms with Crippen molar-refractivity contribution in [1.82, 2.24) is 0 Å². The van der Waals surface area contributed by atoms with E-state index in [0.717, 1.165) is 6.42 Å². The van der Waals surface area contributed by atoms with Gasteiger partial charge < -0.3 is 0 Å². The summed E-state index contributed by atoms with van der Waals surface area (Å²) in [5.74, 6) is 0. The van der Waals surface area contributed by atoms with Crippen LogP contribution >= 0.6 is 0 Å². The van der Waals surface area contributed by atoms with Crippen molar-refractivity contribution < 1.29 is 0 Å². The Kier molecular flexibility index (Phi) is 2.50. The first-order chi connectivity index (χ1) is 4.77. The summed E-state index contributed by atoms with van der Waals surface area (Å²) in [6.45, 7) is 2.46. The number of nitriles is 1. The smallest absolute Gasteiger partial charge is 0.0618 e. The minimum absolute atomic E-state index is 0.808. The molecule has 0 radical (unpaired) electrons. The van der Waals surface area contributed by atoms with Gasteiger partial charge >= 0.3 is 0 Å². The number of nitrogens with zero attached hydrogens (tertiary/aromatic N) is 1. The molecule has 1 heterocycles. The van der Waals surface area contributed by atoms with Gasteiger partial charge in [0.1, 0.15) is 0 Å². The van der Waals surface area contributed by atoms with Crippen LogP contribution in [0.25, 0.3) is 0 Å². The van der Waals surface area contributed by atoms with Crippen molar-refractivity contribution >= 4 is 8.07 Å². The topological polar surface area (TPSA) is 23.8 Å². The lowest BCUT2D eigenvalue weighted by Crippen LogP contribution is -2.23. The van der Waals surface area contributed by atoms with E-state index in [0.29, 0.717) is 0 Å².